The van der Waals surface area contributed by atoms with E-state index in [2.05, 4.69) is 20.4 Å². The van der Waals surface area contributed by atoms with Crippen molar-refractivity contribution in [1.82, 2.24) is 20.4 Å². The Bertz CT molecular complexity index is 986. The molecule has 0 fully saturated rings. The zero-order chi connectivity index (χ0) is 16.5. The lowest BCUT2D eigenvalue weighted by atomic mass is 10.1. The second kappa shape index (κ2) is 5.73. The van der Waals surface area contributed by atoms with Crippen molar-refractivity contribution >= 4 is 0 Å². The first-order chi connectivity index (χ1) is 11.7. The molecule has 6 nitrogen and oxygen atoms in total. The van der Waals surface area contributed by atoms with Gasteiger partial charge in [0.25, 0.3) is 0 Å². The number of nitrogens with zero attached hydrogens (tertiary/aromatic N) is 4. The summed E-state index contributed by atoms with van der Waals surface area (Å²) in [7, 11) is 0. The molecule has 24 heavy (non-hydrogen) atoms. The zero-order valence-electron chi connectivity index (χ0n) is 13.2. The van der Waals surface area contributed by atoms with Crippen molar-refractivity contribution in [2.75, 3.05) is 0 Å². The average Bonchev–Trinajstić information content (AvgIpc) is 3.25. The zero-order valence-corrected chi connectivity index (χ0v) is 13.2. The normalized spacial score (nSPS) is 10.9. The molecule has 0 aliphatic heterocycles. The molecule has 0 radical (unpaired) electrons. The molecule has 118 valence electrons. The van der Waals surface area contributed by atoms with E-state index >= 15 is 0 Å². The van der Waals surface area contributed by atoms with Crippen molar-refractivity contribution in [2.24, 2.45) is 0 Å². The molecular weight excluding hydrogens is 304 g/mol. The van der Waals surface area contributed by atoms with Gasteiger partial charge in [-0.3, -0.25) is 0 Å². The van der Waals surface area contributed by atoms with Crippen LogP contribution in [0.2, 0.25) is 0 Å². The van der Waals surface area contributed by atoms with Gasteiger partial charge in [-0.2, -0.15) is 0 Å². The van der Waals surface area contributed by atoms with Crippen molar-refractivity contribution in [3.63, 3.8) is 0 Å². The fourth-order valence-corrected chi connectivity index (χ4v) is 2.35. The van der Waals surface area contributed by atoms with Gasteiger partial charge in [-0.15, -0.1) is 20.4 Å². The van der Waals surface area contributed by atoms with Gasteiger partial charge in [0.1, 0.15) is 0 Å². The maximum absolute atomic E-state index is 5.80. The van der Waals surface area contributed by atoms with Gasteiger partial charge in [-0.05, 0) is 37.3 Å². The van der Waals surface area contributed by atoms with Crippen LogP contribution in [0, 0.1) is 13.8 Å². The second-order valence-corrected chi connectivity index (χ2v) is 5.49. The first-order valence-corrected chi connectivity index (χ1v) is 7.50. The van der Waals surface area contributed by atoms with Crippen LogP contribution in [0.15, 0.2) is 57.4 Å². The Morgan fingerprint density at radius 3 is 1.83 bits per heavy atom. The van der Waals surface area contributed by atoms with Crippen molar-refractivity contribution in [3.8, 4) is 34.4 Å². The van der Waals surface area contributed by atoms with E-state index in [1.165, 1.54) is 5.56 Å². The number of benzene rings is 2. The van der Waals surface area contributed by atoms with Gasteiger partial charge >= 0.3 is 0 Å². The van der Waals surface area contributed by atoms with Crippen LogP contribution in [0.1, 0.15) is 11.5 Å². The minimum atomic E-state index is 0.448. The maximum Gasteiger partial charge on any atom is 0.248 e. The molecule has 2 heterocycles. The number of aromatic nitrogens is 4. The summed E-state index contributed by atoms with van der Waals surface area (Å²) in [4.78, 5) is 0. The molecule has 0 atom stereocenters. The van der Waals surface area contributed by atoms with E-state index in [4.69, 9.17) is 8.83 Å². The fourth-order valence-electron chi connectivity index (χ4n) is 2.35. The number of hydrogen-bond donors (Lipinski definition) is 0. The molecule has 0 unspecified atom stereocenters. The van der Waals surface area contributed by atoms with Crippen LogP contribution in [0.5, 0.6) is 0 Å². The van der Waals surface area contributed by atoms with E-state index in [1.807, 2.05) is 55.5 Å². The fraction of sp³-hybridized carbons (Fsp3) is 0.111. The van der Waals surface area contributed by atoms with E-state index in [9.17, 15) is 0 Å². The van der Waals surface area contributed by atoms with E-state index < -0.39 is 0 Å². The molecule has 0 aliphatic rings. The van der Waals surface area contributed by atoms with Gasteiger partial charge in [0.2, 0.25) is 23.6 Å². The molecule has 6 heteroatoms. The molecule has 0 aliphatic carbocycles. The smallest absolute Gasteiger partial charge is 0.248 e. The molecule has 2 aromatic carbocycles. The molecule has 2 aromatic heterocycles. The third-order valence-electron chi connectivity index (χ3n) is 3.61. The van der Waals surface area contributed by atoms with Gasteiger partial charge in [-0.25, -0.2) is 0 Å². The predicted molar refractivity (Wildman–Crippen MR) is 87.9 cm³/mol. The van der Waals surface area contributed by atoms with Crippen molar-refractivity contribution in [3.05, 3.63) is 60.0 Å². The summed E-state index contributed by atoms with van der Waals surface area (Å²) in [6.07, 6.45) is 0. The van der Waals surface area contributed by atoms with Gasteiger partial charge in [0.15, 0.2) is 0 Å². The highest BCUT2D eigenvalue weighted by Gasteiger charge is 2.13. The topological polar surface area (TPSA) is 77.8 Å². The predicted octanol–water partition coefficient (Wildman–Crippen LogP) is 4.07. The average molecular weight is 318 g/mol. The number of rotatable bonds is 3. The van der Waals surface area contributed by atoms with Crippen molar-refractivity contribution in [2.45, 2.75) is 13.8 Å². The third kappa shape index (κ3) is 2.69. The summed E-state index contributed by atoms with van der Waals surface area (Å²) in [5.74, 6) is 1.93. The minimum absolute atomic E-state index is 0.448. The lowest BCUT2D eigenvalue weighted by molar-refractivity contribution is 0.533. The molecule has 4 aromatic rings. The standard InChI is InChI=1S/C18H14N4O2/c1-11-6-8-13(9-7-11)16-21-22-18(24-16)15-5-3-4-14(10-15)17-20-19-12(2)23-17/h3-10H,1-2H3. The molecule has 0 bridgehead atoms. The van der Waals surface area contributed by atoms with Crippen molar-refractivity contribution in [1.29, 1.82) is 0 Å². The Balaban J connectivity index is 1.68. The monoisotopic (exact) mass is 318 g/mol. The highest BCUT2D eigenvalue weighted by molar-refractivity contribution is 5.65. The molecule has 0 N–H and O–H groups in total. The van der Waals surface area contributed by atoms with E-state index in [1.54, 1.807) is 6.92 Å². The summed E-state index contributed by atoms with van der Waals surface area (Å²) in [6, 6.07) is 15.5. The minimum Gasteiger partial charge on any atom is -0.421 e. The lowest BCUT2D eigenvalue weighted by Gasteiger charge is -1.98. The highest BCUT2D eigenvalue weighted by Crippen LogP contribution is 2.27. The first kappa shape index (κ1) is 14.3. The highest BCUT2D eigenvalue weighted by atomic mass is 16.4. The van der Waals surface area contributed by atoms with Crippen LogP contribution in [0.25, 0.3) is 34.4 Å². The Morgan fingerprint density at radius 2 is 1.21 bits per heavy atom. The number of hydrogen-bond acceptors (Lipinski definition) is 6. The van der Waals surface area contributed by atoms with Crippen LogP contribution in [-0.2, 0) is 0 Å². The second-order valence-electron chi connectivity index (χ2n) is 5.49. The van der Waals surface area contributed by atoms with E-state index in [-0.39, 0.29) is 0 Å². The molecule has 4 rings (SSSR count). The molecular formula is C18H14N4O2. The molecule has 0 saturated carbocycles. The lowest BCUT2D eigenvalue weighted by Crippen LogP contribution is -1.82. The Labute approximate surface area is 138 Å². The Morgan fingerprint density at radius 1 is 0.625 bits per heavy atom. The number of aryl methyl sites for hydroxylation is 2. The summed E-state index contributed by atoms with van der Waals surface area (Å²) >= 11 is 0. The summed E-state index contributed by atoms with van der Waals surface area (Å²) in [5, 5.41) is 16.1. The van der Waals surface area contributed by atoms with Crippen LogP contribution >= 0.6 is 0 Å². The maximum atomic E-state index is 5.80. The van der Waals surface area contributed by atoms with Crippen LogP contribution in [-0.4, -0.2) is 20.4 Å². The summed E-state index contributed by atoms with van der Waals surface area (Å²) in [6.45, 7) is 3.79. The van der Waals surface area contributed by atoms with Gasteiger partial charge in [-0.1, -0.05) is 23.8 Å². The van der Waals surface area contributed by atoms with Gasteiger partial charge < -0.3 is 8.83 Å². The first-order valence-electron chi connectivity index (χ1n) is 7.50. The molecule has 0 spiro atoms. The Kier molecular flexibility index (Phi) is 3.42. The van der Waals surface area contributed by atoms with Crippen LogP contribution in [0.4, 0.5) is 0 Å². The van der Waals surface area contributed by atoms with E-state index in [0.717, 1.165) is 16.7 Å². The van der Waals surface area contributed by atoms with Crippen LogP contribution in [0.3, 0.4) is 0 Å². The molecule has 0 amide bonds. The summed E-state index contributed by atoms with van der Waals surface area (Å²) in [5.41, 5.74) is 3.68. The van der Waals surface area contributed by atoms with Crippen LogP contribution < -0.4 is 0 Å². The molecule has 0 saturated heterocycles. The largest absolute Gasteiger partial charge is 0.421 e. The van der Waals surface area contributed by atoms with E-state index in [0.29, 0.717) is 23.6 Å². The summed E-state index contributed by atoms with van der Waals surface area (Å²) < 4.78 is 11.3. The quantitative estimate of drug-likeness (QED) is 0.566. The third-order valence-corrected chi connectivity index (χ3v) is 3.61. The SMILES string of the molecule is Cc1ccc(-c2nnc(-c3cccc(-c4nnc(C)o4)c3)o2)cc1. The Hall–Kier alpha value is -3.28. The van der Waals surface area contributed by atoms with Gasteiger partial charge in [0.05, 0.1) is 0 Å². The van der Waals surface area contributed by atoms with Gasteiger partial charge in [0, 0.05) is 23.6 Å². The van der Waals surface area contributed by atoms with Crippen molar-refractivity contribution < 1.29 is 8.83 Å².